The van der Waals surface area contributed by atoms with E-state index in [-0.39, 0.29) is 5.56 Å². The second kappa shape index (κ2) is 6.19. The standard InChI is InChI=1S/C13H7BrClFN2O3/c14-12-8(15)2-1-3-10(12)17-13(19)7-4-5-9(16)11(6-7)18(20)21/h1-6H,(H,17,19). The van der Waals surface area contributed by atoms with Crippen LogP contribution in [0.25, 0.3) is 0 Å². The molecule has 0 bridgehead atoms. The van der Waals surface area contributed by atoms with Gasteiger partial charge in [-0.15, -0.1) is 0 Å². The lowest BCUT2D eigenvalue weighted by Crippen LogP contribution is -2.13. The van der Waals surface area contributed by atoms with Crippen LogP contribution >= 0.6 is 27.5 Å². The summed E-state index contributed by atoms with van der Waals surface area (Å²) in [7, 11) is 0. The number of benzene rings is 2. The number of hydrogen-bond donors (Lipinski definition) is 1. The highest BCUT2D eigenvalue weighted by Gasteiger charge is 2.18. The number of hydrogen-bond acceptors (Lipinski definition) is 3. The number of carbonyl (C=O) groups excluding carboxylic acids is 1. The zero-order valence-corrected chi connectivity index (χ0v) is 12.6. The van der Waals surface area contributed by atoms with Gasteiger partial charge < -0.3 is 5.32 Å². The predicted molar refractivity (Wildman–Crippen MR) is 80.2 cm³/mol. The van der Waals surface area contributed by atoms with Gasteiger partial charge in [0, 0.05) is 11.6 Å². The van der Waals surface area contributed by atoms with E-state index in [4.69, 9.17) is 11.6 Å². The third kappa shape index (κ3) is 3.37. The van der Waals surface area contributed by atoms with Crippen LogP contribution in [0.2, 0.25) is 5.02 Å². The van der Waals surface area contributed by atoms with Crippen molar-refractivity contribution in [2.45, 2.75) is 0 Å². The van der Waals surface area contributed by atoms with Gasteiger partial charge in [0.2, 0.25) is 5.82 Å². The fourth-order valence-corrected chi connectivity index (χ4v) is 2.13. The van der Waals surface area contributed by atoms with Crippen molar-refractivity contribution < 1.29 is 14.1 Å². The Labute approximate surface area is 132 Å². The Hall–Kier alpha value is -1.99. The van der Waals surface area contributed by atoms with Crippen LogP contribution < -0.4 is 5.32 Å². The molecular weight excluding hydrogens is 367 g/mol. The van der Waals surface area contributed by atoms with E-state index in [0.29, 0.717) is 15.2 Å². The van der Waals surface area contributed by atoms with E-state index >= 15 is 0 Å². The van der Waals surface area contributed by atoms with Crippen molar-refractivity contribution in [2.75, 3.05) is 5.32 Å². The number of rotatable bonds is 3. The van der Waals surface area contributed by atoms with Crippen LogP contribution in [0.5, 0.6) is 0 Å². The molecule has 2 aromatic carbocycles. The van der Waals surface area contributed by atoms with Gasteiger partial charge >= 0.3 is 5.69 Å². The normalized spacial score (nSPS) is 10.2. The summed E-state index contributed by atoms with van der Waals surface area (Å²) < 4.78 is 13.7. The molecule has 21 heavy (non-hydrogen) atoms. The van der Waals surface area contributed by atoms with Gasteiger partial charge in [0.05, 0.1) is 20.1 Å². The maximum atomic E-state index is 13.2. The predicted octanol–water partition coefficient (Wildman–Crippen LogP) is 4.40. The Morgan fingerprint density at radius 1 is 1.33 bits per heavy atom. The second-order valence-electron chi connectivity index (χ2n) is 3.98. The number of nitro groups is 1. The SMILES string of the molecule is O=C(Nc1cccc(Cl)c1Br)c1ccc(F)c([N+](=O)[O-])c1. The summed E-state index contributed by atoms with van der Waals surface area (Å²) in [4.78, 5) is 21.8. The topological polar surface area (TPSA) is 72.2 Å². The summed E-state index contributed by atoms with van der Waals surface area (Å²) in [6.07, 6.45) is 0. The monoisotopic (exact) mass is 372 g/mol. The van der Waals surface area contributed by atoms with Gasteiger partial charge in [-0.1, -0.05) is 17.7 Å². The molecule has 0 heterocycles. The molecule has 0 unspecified atom stereocenters. The summed E-state index contributed by atoms with van der Waals surface area (Å²) in [6.45, 7) is 0. The van der Waals surface area contributed by atoms with E-state index in [0.717, 1.165) is 18.2 Å². The lowest BCUT2D eigenvalue weighted by molar-refractivity contribution is -0.387. The molecule has 0 radical (unpaired) electrons. The van der Waals surface area contributed by atoms with Crippen LogP contribution in [0.3, 0.4) is 0 Å². The number of anilines is 1. The fourth-order valence-electron chi connectivity index (χ4n) is 1.59. The Morgan fingerprint density at radius 3 is 2.71 bits per heavy atom. The maximum absolute atomic E-state index is 13.2. The Balaban J connectivity index is 2.31. The molecule has 0 aromatic heterocycles. The molecule has 8 heteroatoms. The van der Waals surface area contributed by atoms with Gasteiger partial charge in [0.25, 0.3) is 5.91 Å². The molecule has 0 saturated carbocycles. The summed E-state index contributed by atoms with van der Waals surface area (Å²) in [5, 5.41) is 13.6. The molecule has 0 aliphatic heterocycles. The van der Waals surface area contributed by atoms with E-state index in [9.17, 15) is 19.3 Å². The van der Waals surface area contributed by atoms with Crippen LogP contribution in [0, 0.1) is 15.9 Å². The molecule has 0 spiro atoms. The highest BCUT2D eigenvalue weighted by Crippen LogP contribution is 2.30. The number of halogens is 3. The molecule has 2 aromatic rings. The lowest BCUT2D eigenvalue weighted by atomic mass is 10.1. The van der Waals surface area contributed by atoms with Crippen molar-refractivity contribution in [2.24, 2.45) is 0 Å². The van der Waals surface area contributed by atoms with Crippen molar-refractivity contribution in [3.63, 3.8) is 0 Å². The van der Waals surface area contributed by atoms with Crippen molar-refractivity contribution >= 4 is 44.8 Å². The second-order valence-corrected chi connectivity index (χ2v) is 5.18. The van der Waals surface area contributed by atoms with E-state index in [1.165, 1.54) is 0 Å². The van der Waals surface area contributed by atoms with Crippen molar-refractivity contribution in [1.29, 1.82) is 0 Å². The summed E-state index contributed by atoms with van der Waals surface area (Å²) >= 11 is 9.11. The average molecular weight is 374 g/mol. The smallest absolute Gasteiger partial charge is 0.305 e. The number of carbonyl (C=O) groups is 1. The largest absolute Gasteiger partial charge is 0.321 e. The first-order valence-corrected chi connectivity index (χ1v) is 6.76. The van der Waals surface area contributed by atoms with Gasteiger partial charge in [0.1, 0.15) is 0 Å². The average Bonchev–Trinajstić information content (AvgIpc) is 2.44. The molecule has 0 saturated heterocycles. The lowest BCUT2D eigenvalue weighted by Gasteiger charge is -2.08. The van der Waals surface area contributed by atoms with Crippen molar-refractivity contribution in [3.8, 4) is 0 Å². The molecule has 2 rings (SSSR count). The first kappa shape index (κ1) is 15.4. The van der Waals surface area contributed by atoms with E-state index in [1.807, 2.05) is 0 Å². The zero-order chi connectivity index (χ0) is 15.6. The van der Waals surface area contributed by atoms with Gasteiger partial charge in [0.15, 0.2) is 0 Å². The van der Waals surface area contributed by atoms with Gasteiger partial charge in [-0.2, -0.15) is 4.39 Å². The quantitative estimate of drug-likeness (QED) is 0.640. The minimum Gasteiger partial charge on any atom is -0.321 e. The van der Waals surface area contributed by atoms with Gasteiger partial charge in [-0.25, -0.2) is 0 Å². The summed E-state index contributed by atoms with van der Waals surface area (Å²) in [6, 6.07) is 7.78. The van der Waals surface area contributed by atoms with Crippen molar-refractivity contribution in [1.82, 2.24) is 0 Å². The maximum Gasteiger partial charge on any atom is 0.305 e. The van der Waals surface area contributed by atoms with Crippen LogP contribution in [-0.4, -0.2) is 10.8 Å². The molecule has 0 atom stereocenters. The Bertz CT molecular complexity index is 739. The van der Waals surface area contributed by atoms with Gasteiger partial charge in [-0.3, -0.25) is 14.9 Å². The minimum atomic E-state index is -1.000. The van der Waals surface area contributed by atoms with Crippen LogP contribution in [-0.2, 0) is 0 Å². The van der Waals surface area contributed by atoms with E-state index in [1.54, 1.807) is 18.2 Å². The van der Waals surface area contributed by atoms with Crippen LogP contribution in [0.1, 0.15) is 10.4 Å². The number of amides is 1. The molecule has 0 fully saturated rings. The van der Waals surface area contributed by atoms with Crippen LogP contribution in [0.4, 0.5) is 15.8 Å². The number of nitrogens with one attached hydrogen (secondary N) is 1. The number of nitrogens with zero attached hydrogens (tertiary/aromatic N) is 1. The highest BCUT2D eigenvalue weighted by atomic mass is 79.9. The summed E-state index contributed by atoms with van der Waals surface area (Å²) in [5.74, 6) is -1.61. The first-order chi connectivity index (χ1) is 9.90. The van der Waals surface area contributed by atoms with E-state index in [2.05, 4.69) is 21.2 Å². The molecule has 0 aliphatic carbocycles. The molecule has 5 nitrogen and oxygen atoms in total. The first-order valence-electron chi connectivity index (χ1n) is 5.59. The third-order valence-corrected chi connectivity index (χ3v) is 4.00. The third-order valence-electron chi connectivity index (χ3n) is 2.60. The number of nitro benzene ring substituents is 1. The molecule has 0 aliphatic rings. The molecule has 1 N–H and O–H groups in total. The summed E-state index contributed by atoms with van der Waals surface area (Å²) in [5.41, 5.74) is -0.387. The Morgan fingerprint density at radius 2 is 2.05 bits per heavy atom. The Kier molecular flexibility index (Phi) is 4.54. The molecule has 108 valence electrons. The van der Waals surface area contributed by atoms with E-state index < -0.39 is 22.3 Å². The van der Waals surface area contributed by atoms with Crippen LogP contribution in [0.15, 0.2) is 40.9 Å². The minimum absolute atomic E-state index is 0.0324. The zero-order valence-electron chi connectivity index (χ0n) is 10.3. The molecule has 1 amide bonds. The van der Waals surface area contributed by atoms with Crippen molar-refractivity contribution in [3.05, 3.63) is 67.4 Å². The molecular formula is C13H7BrClFN2O3. The van der Waals surface area contributed by atoms with Gasteiger partial charge in [-0.05, 0) is 40.2 Å². The fraction of sp³-hybridized carbons (Fsp3) is 0. The highest BCUT2D eigenvalue weighted by molar-refractivity contribution is 9.10.